The molecule has 86 valence electrons. The summed E-state index contributed by atoms with van der Waals surface area (Å²) in [5.41, 5.74) is 0. The van der Waals surface area contributed by atoms with Crippen LogP contribution in [-0.2, 0) is 9.59 Å². The van der Waals surface area contributed by atoms with Crippen LogP contribution in [0.4, 0.5) is 0 Å². The van der Waals surface area contributed by atoms with Crippen LogP contribution in [0.15, 0.2) is 0 Å². The Morgan fingerprint density at radius 1 is 1.40 bits per heavy atom. The molecule has 0 aromatic carbocycles. The number of hydrogen-bond donors (Lipinski definition) is 0. The molecule has 1 fully saturated rings. The van der Waals surface area contributed by atoms with Crippen molar-refractivity contribution in [1.82, 2.24) is 4.90 Å². The van der Waals surface area contributed by atoms with E-state index in [0.717, 1.165) is 25.8 Å². The van der Waals surface area contributed by atoms with Crippen LogP contribution in [-0.4, -0.2) is 29.2 Å². The maximum Gasteiger partial charge on any atom is 0.223 e. The number of hydrogen-bond acceptors (Lipinski definition) is 2. The summed E-state index contributed by atoms with van der Waals surface area (Å²) >= 11 is 0. The first-order chi connectivity index (χ1) is 7.02. The smallest absolute Gasteiger partial charge is 0.223 e. The summed E-state index contributed by atoms with van der Waals surface area (Å²) in [4.78, 5) is 24.9. The maximum absolute atomic E-state index is 11.8. The second-order valence-electron chi connectivity index (χ2n) is 4.79. The van der Waals surface area contributed by atoms with E-state index in [1.807, 2.05) is 0 Å². The molecule has 3 nitrogen and oxygen atoms in total. The van der Waals surface area contributed by atoms with E-state index in [1.165, 1.54) is 0 Å². The number of likely N-dealkylation sites (tertiary alicyclic amines) is 1. The standard InChI is InChI=1S/C12H21NO2/c1-9(2)6-7-12(15)13-8-4-5-11(13)10(3)14/h9,11H,4-8H2,1-3H3. The second kappa shape index (κ2) is 5.29. The second-order valence-corrected chi connectivity index (χ2v) is 4.79. The topological polar surface area (TPSA) is 37.4 Å². The molecule has 1 amide bonds. The number of amides is 1. The molecule has 1 heterocycles. The van der Waals surface area contributed by atoms with Crippen LogP contribution < -0.4 is 0 Å². The third kappa shape index (κ3) is 3.33. The van der Waals surface area contributed by atoms with E-state index in [4.69, 9.17) is 0 Å². The zero-order valence-electron chi connectivity index (χ0n) is 9.95. The number of rotatable bonds is 4. The average Bonchev–Trinajstić information content (AvgIpc) is 2.62. The summed E-state index contributed by atoms with van der Waals surface area (Å²) < 4.78 is 0. The summed E-state index contributed by atoms with van der Waals surface area (Å²) in [5, 5.41) is 0. The fourth-order valence-electron chi connectivity index (χ4n) is 2.04. The Hall–Kier alpha value is -0.860. The minimum Gasteiger partial charge on any atom is -0.333 e. The molecule has 0 saturated carbocycles. The van der Waals surface area contributed by atoms with E-state index in [9.17, 15) is 9.59 Å². The molecule has 1 rings (SSSR count). The maximum atomic E-state index is 11.8. The molecule has 1 atom stereocenters. The highest BCUT2D eigenvalue weighted by molar-refractivity contribution is 5.88. The summed E-state index contributed by atoms with van der Waals surface area (Å²) in [5.74, 6) is 0.833. The van der Waals surface area contributed by atoms with E-state index >= 15 is 0 Å². The van der Waals surface area contributed by atoms with Gasteiger partial charge in [0, 0.05) is 13.0 Å². The summed E-state index contributed by atoms with van der Waals surface area (Å²) in [6.45, 7) is 6.57. The molecule has 0 N–H and O–H groups in total. The van der Waals surface area contributed by atoms with Crippen molar-refractivity contribution >= 4 is 11.7 Å². The summed E-state index contributed by atoms with van der Waals surface area (Å²) in [6, 6.07) is -0.135. The third-order valence-electron chi connectivity index (χ3n) is 2.98. The molecule has 0 spiro atoms. The first kappa shape index (κ1) is 12.2. The van der Waals surface area contributed by atoms with Crippen molar-refractivity contribution in [1.29, 1.82) is 0 Å². The van der Waals surface area contributed by atoms with Gasteiger partial charge in [-0.1, -0.05) is 13.8 Å². The lowest BCUT2D eigenvalue weighted by Crippen LogP contribution is -2.39. The van der Waals surface area contributed by atoms with Gasteiger partial charge in [-0.3, -0.25) is 9.59 Å². The third-order valence-corrected chi connectivity index (χ3v) is 2.98. The Morgan fingerprint density at radius 2 is 2.07 bits per heavy atom. The van der Waals surface area contributed by atoms with Gasteiger partial charge in [-0.05, 0) is 32.1 Å². The quantitative estimate of drug-likeness (QED) is 0.713. The monoisotopic (exact) mass is 211 g/mol. The Bertz CT molecular complexity index is 248. The number of carbonyl (C=O) groups is 2. The predicted molar refractivity (Wildman–Crippen MR) is 59.5 cm³/mol. The van der Waals surface area contributed by atoms with Crippen molar-refractivity contribution in [3.63, 3.8) is 0 Å². The number of nitrogens with zero attached hydrogens (tertiary/aromatic N) is 1. The SMILES string of the molecule is CC(=O)C1CCCN1C(=O)CCC(C)C. The van der Waals surface area contributed by atoms with Gasteiger partial charge in [0.05, 0.1) is 6.04 Å². The molecule has 0 aromatic heterocycles. The van der Waals surface area contributed by atoms with Crippen molar-refractivity contribution in [3.05, 3.63) is 0 Å². The zero-order valence-corrected chi connectivity index (χ0v) is 9.95. The van der Waals surface area contributed by atoms with Crippen LogP contribution in [0.1, 0.15) is 46.5 Å². The normalized spacial score (nSPS) is 21.1. The van der Waals surface area contributed by atoms with Gasteiger partial charge in [-0.2, -0.15) is 0 Å². The van der Waals surface area contributed by atoms with Crippen LogP contribution >= 0.6 is 0 Å². The van der Waals surface area contributed by atoms with Crippen molar-refractivity contribution in [2.45, 2.75) is 52.5 Å². The van der Waals surface area contributed by atoms with Crippen LogP contribution in [0, 0.1) is 5.92 Å². The predicted octanol–water partition coefficient (Wildman–Crippen LogP) is 2.00. The molecule has 0 radical (unpaired) electrons. The van der Waals surface area contributed by atoms with Gasteiger partial charge in [0.15, 0.2) is 5.78 Å². The number of ketones is 1. The van der Waals surface area contributed by atoms with Gasteiger partial charge >= 0.3 is 0 Å². The highest BCUT2D eigenvalue weighted by Crippen LogP contribution is 2.20. The van der Waals surface area contributed by atoms with Gasteiger partial charge in [0.2, 0.25) is 5.91 Å². The van der Waals surface area contributed by atoms with E-state index in [-0.39, 0.29) is 17.7 Å². The van der Waals surface area contributed by atoms with Gasteiger partial charge in [0.1, 0.15) is 0 Å². The minimum atomic E-state index is -0.135. The van der Waals surface area contributed by atoms with Crippen LogP contribution in [0.2, 0.25) is 0 Å². The van der Waals surface area contributed by atoms with Gasteiger partial charge in [0.25, 0.3) is 0 Å². The van der Waals surface area contributed by atoms with Crippen LogP contribution in [0.25, 0.3) is 0 Å². The molecule has 0 bridgehead atoms. The molecule has 1 unspecified atom stereocenters. The molecule has 0 aromatic rings. The molecule has 1 aliphatic rings. The van der Waals surface area contributed by atoms with E-state index in [1.54, 1.807) is 11.8 Å². The van der Waals surface area contributed by atoms with Gasteiger partial charge in [-0.25, -0.2) is 0 Å². The lowest BCUT2D eigenvalue weighted by molar-refractivity contribution is -0.137. The molecule has 15 heavy (non-hydrogen) atoms. The largest absolute Gasteiger partial charge is 0.333 e. The first-order valence-electron chi connectivity index (χ1n) is 5.82. The molecular weight excluding hydrogens is 190 g/mol. The van der Waals surface area contributed by atoms with E-state index in [2.05, 4.69) is 13.8 Å². The minimum absolute atomic E-state index is 0.130. The van der Waals surface area contributed by atoms with Crippen molar-refractivity contribution in [2.24, 2.45) is 5.92 Å². The van der Waals surface area contributed by atoms with Gasteiger partial charge < -0.3 is 4.90 Å². The molecule has 3 heteroatoms. The van der Waals surface area contributed by atoms with E-state index in [0.29, 0.717) is 12.3 Å². The number of carbonyl (C=O) groups excluding carboxylic acids is 2. The fraction of sp³-hybridized carbons (Fsp3) is 0.833. The van der Waals surface area contributed by atoms with Crippen molar-refractivity contribution in [3.8, 4) is 0 Å². The Labute approximate surface area is 91.8 Å². The lowest BCUT2D eigenvalue weighted by atomic mass is 10.1. The molecule has 1 saturated heterocycles. The zero-order chi connectivity index (χ0) is 11.4. The molecule has 1 aliphatic heterocycles. The summed E-state index contributed by atoms with van der Waals surface area (Å²) in [7, 11) is 0. The highest BCUT2D eigenvalue weighted by atomic mass is 16.2. The lowest BCUT2D eigenvalue weighted by Gasteiger charge is -2.22. The fourth-order valence-corrected chi connectivity index (χ4v) is 2.04. The van der Waals surface area contributed by atoms with Crippen LogP contribution in [0.5, 0.6) is 0 Å². The van der Waals surface area contributed by atoms with Crippen molar-refractivity contribution < 1.29 is 9.59 Å². The molecular formula is C12H21NO2. The Morgan fingerprint density at radius 3 is 2.60 bits per heavy atom. The summed E-state index contributed by atoms with van der Waals surface area (Å²) in [6.07, 6.45) is 3.32. The Balaban J connectivity index is 2.47. The van der Waals surface area contributed by atoms with Crippen molar-refractivity contribution in [2.75, 3.05) is 6.54 Å². The Kier molecular flexibility index (Phi) is 4.30. The number of Topliss-reactive ketones (excluding diaryl/α,β-unsaturated/α-hetero) is 1. The molecule has 0 aliphatic carbocycles. The van der Waals surface area contributed by atoms with Gasteiger partial charge in [-0.15, -0.1) is 0 Å². The van der Waals surface area contributed by atoms with Crippen LogP contribution in [0.3, 0.4) is 0 Å². The van der Waals surface area contributed by atoms with E-state index < -0.39 is 0 Å². The highest BCUT2D eigenvalue weighted by Gasteiger charge is 2.31. The average molecular weight is 211 g/mol. The first-order valence-corrected chi connectivity index (χ1v) is 5.82.